The van der Waals surface area contributed by atoms with Crippen molar-refractivity contribution in [1.82, 2.24) is 9.78 Å². The largest absolute Gasteiger partial charge is 0.461 e. The topological polar surface area (TPSA) is 44.1 Å². The number of ether oxygens (including phenoxy) is 1. The zero-order valence-corrected chi connectivity index (χ0v) is 16.1. The Labute approximate surface area is 159 Å². The molecule has 3 rings (SSSR count). The van der Waals surface area contributed by atoms with Gasteiger partial charge >= 0.3 is 5.97 Å². The fourth-order valence-electron chi connectivity index (χ4n) is 2.63. The number of benzene rings is 2. The van der Waals surface area contributed by atoms with Gasteiger partial charge in [0.05, 0.1) is 23.0 Å². The lowest BCUT2D eigenvalue weighted by atomic mass is 10.1. The Morgan fingerprint density at radius 1 is 1.20 bits per heavy atom. The molecule has 0 saturated heterocycles. The van der Waals surface area contributed by atoms with Crippen molar-refractivity contribution in [3.05, 3.63) is 69.3 Å². The average Bonchev–Trinajstić information content (AvgIpc) is 2.94. The minimum atomic E-state index is -0.441. The molecule has 0 saturated carbocycles. The van der Waals surface area contributed by atoms with Crippen molar-refractivity contribution < 1.29 is 9.53 Å². The van der Waals surface area contributed by atoms with E-state index in [-0.39, 0.29) is 0 Å². The van der Waals surface area contributed by atoms with Crippen LogP contribution in [0.2, 0.25) is 5.02 Å². The summed E-state index contributed by atoms with van der Waals surface area (Å²) in [5.41, 5.74) is 3.49. The first-order chi connectivity index (χ1) is 12.0. The van der Waals surface area contributed by atoms with Crippen molar-refractivity contribution in [2.45, 2.75) is 13.8 Å². The Bertz CT molecular complexity index is 920. The molecule has 0 aliphatic heterocycles. The Morgan fingerprint density at radius 2 is 1.88 bits per heavy atom. The maximum atomic E-state index is 12.3. The van der Waals surface area contributed by atoms with Crippen molar-refractivity contribution in [1.29, 1.82) is 0 Å². The monoisotopic (exact) mass is 418 g/mol. The summed E-state index contributed by atoms with van der Waals surface area (Å²) in [5.74, 6) is -0.441. The molecule has 0 atom stereocenters. The van der Waals surface area contributed by atoms with Gasteiger partial charge in [0.25, 0.3) is 0 Å². The maximum Gasteiger partial charge on any atom is 0.359 e. The van der Waals surface area contributed by atoms with Gasteiger partial charge in [-0.1, -0.05) is 51.8 Å². The normalized spacial score (nSPS) is 10.7. The van der Waals surface area contributed by atoms with Crippen LogP contribution in [0.4, 0.5) is 0 Å². The third kappa shape index (κ3) is 3.48. The van der Waals surface area contributed by atoms with Crippen LogP contribution in [0.5, 0.6) is 0 Å². The van der Waals surface area contributed by atoms with Crippen LogP contribution in [0.25, 0.3) is 16.9 Å². The number of carbonyl (C=O) groups excluding carboxylic acids is 1. The van der Waals surface area contributed by atoms with E-state index >= 15 is 0 Å². The summed E-state index contributed by atoms with van der Waals surface area (Å²) >= 11 is 9.80. The van der Waals surface area contributed by atoms with E-state index in [1.54, 1.807) is 17.7 Å². The van der Waals surface area contributed by atoms with Crippen LogP contribution in [-0.2, 0) is 4.74 Å². The number of para-hydroxylation sites is 1. The molecule has 1 aromatic heterocycles. The molecule has 0 aliphatic carbocycles. The van der Waals surface area contributed by atoms with Gasteiger partial charge < -0.3 is 4.74 Å². The summed E-state index contributed by atoms with van der Waals surface area (Å²) in [7, 11) is 0. The Kier molecular flexibility index (Phi) is 5.25. The van der Waals surface area contributed by atoms with Crippen molar-refractivity contribution in [3.8, 4) is 16.9 Å². The van der Waals surface area contributed by atoms with E-state index in [1.165, 1.54) is 0 Å². The molecular formula is C19H16BrClN2O2. The highest BCUT2D eigenvalue weighted by Gasteiger charge is 2.23. The Hall–Kier alpha value is -2.11. The molecule has 128 valence electrons. The first-order valence-corrected chi connectivity index (χ1v) is 8.97. The number of halogens is 2. The predicted octanol–water partition coefficient (Wildman–Crippen LogP) is 5.44. The van der Waals surface area contributed by atoms with Gasteiger partial charge in [0.2, 0.25) is 0 Å². The van der Waals surface area contributed by atoms with Crippen molar-refractivity contribution in [2.24, 2.45) is 0 Å². The van der Waals surface area contributed by atoms with E-state index < -0.39 is 5.97 Å². The number of carbonyl (C=O) groups is 1. The van der Waals surface area contributed by atoms with Gasteiger partial charge in [-0.2, -0.15) is 5.10 Å². The molecule has 6 heteroatoms. The third-order valence-electron chi connectivity index (χ3n) is 3.79. The van der Waals surface area contributed by atoms with Gasteiger partial charge in [-0.15, -0.1) is 0 Å². The summed E-state index contributed by atoms with van der Waals surface area (Å²) in [6.45, 7) is 3.93. The van der Waals surface area contributed by atoms with Crippen LogP contribution < -0.4 is 0 Å². The molecule has 0 bridgehead atoms. The zero-order chi connectivity index (χ0) is 18.0. The van der Waals surface area contributed by atoms with E-state index in [0.29, 0.717) is 23.0 Å². The minimum absolute atomic E-state index is 0.291. The standard InChI is InChI=1S/C19H16BrClN2O2/c1-3-25-19(24)17-12(2)18(13-8-10-14(20)11-9-13)23(22-17)16-7-5-4-6-15(16)21/h4-11H,3H2,1-2H3. The van der Waals surface area contributed by atoms with E-state index in [2.05, 4.69) is 21.0 Å². The van der Waals surface area contributed by atoms with E-state index in [0.717, 1.165) is 21.3 Å². The lowest BCUT2D eigenvalue weighted by Gasteiger charge is -2.10. The quantitative estimate of drug-likeness (QED) is 0.529. The summed E-state index contributed by atoms with van der Waals surface area (Å²) in [6, 6.07) is 15.2. The average molecular weight is 420 g/mol. The molecular weight excluding hydrogens is 404 g/mol. The summed E-state index contributed by atoms with van der Waals surface area (Å²) in [6.07, 6.45) is 0. The van der Waals surface area contributed by atoms with Gasteiger partial charge in [-0.25, -0.2) is 9.48 Å². The highest BCUT2D eigenvalue weighted by Crippen LogP contribution is 2.32. The lowest BCUT2D eigenvalue weighted by Crippen LogP contribution is -2.07. The molecule has 0 amide bonds. The number of rotatable bonds is 4. The van der Waals surface area contributed by atoms with Crippen LogP contribution in [-0.4, -0.2) is 22.4 Å². The number of nitrogens with zero attached hydrogens (tertiary/aromatic N) is 2. The zero-order valence-electron chi connectivity index (χ0n) is 13.8. The second kappa shape index (κ2) is 7.42. The van der Waals surface area contributed by atoms with Gasteiger partial charge in [0.1, 0.15) is 0 Å². The van der Waals surface area contributed by atoms with Gasteiger partial charge in [-0.05, 0) is 38.1 Å². The molecule has 25 heavy (non-hydrogen) atoms. The molecule has 0 radical (unpaired) electrons. The van der Waals surface area contributed by atoms with E-state index in [9.17, 15) is 4.79 Å². The molecule has 1 heterocycles. The Morgan fingerprint density at radius 3 is 2.52 bits per heavy atom. The van der Waals surface area contributed by atoms with Crippen LogP contribution in [0.1, 0.15) is 23.0 Å². The van der Waals surface area contributed by atoms with Crippen molar-refractivity contribution in [3.63, 3.8) is 0 Å². The summed E-state index contributed by atoms with van der Waals surface area (Å²) < 4.78 is 7.82. The SMILES string of the molecule is CCOC(=O)c1nn(-c2ccccc2Cl)c(-c2ccc(Br)cc2)c1C. The molecule has 2 aromatic carbocycles. The number of hydrogen-bond acceptors (Lipinski definition) is 3. The van der Waals surface area contributed by atoms with Crippen molar-refractivity contribution in [2.75, 3.05) is 6.61 Å². The minimum Gasteiger partial charge on any atom is -0.461 e. The number of esters is 1. The third-order valence-corrected chi connectivity index (χ3v) is 4.64. The van der Waals surface area contributed by atoms with Crippen LogP contribution >= 0.6 is 27.5 Å². The maximum absolute atomic E-state index is 12.3. The smallest absolute Gasteiger partial charge is 0.359 e. The van der Waals surface area contributed by atoms with E-state index in [4.69, 9.17) is 16.3 Å². The van der Waals surface area contributed by atoms with Crippen molar-refractivity contribution >= 4 is 33.5 Å². The molecule has 0 spiro atoms. The fraction of sp³-hybridized carbons (Fsp3) is 0.158. The van der Waals surface area contributed by atoms with Gasteiger partial charge in [0, 0.05) is 15.6 Å². The Balaban J connectivity index is 2.25. The van der Waals surface area contributed by atoms with Crippen LogP contribution in [0.15, 0.2) is 53.0 Å². The van der Waals surface area contributed by atoms with Gasteiger partial charge in [-0.3, -0.25) is 0 Å². The predicted molar refractivity (Wildman–Crippen MR) is 102 cm³/mol. The summed E-state index contributed by atoms with van der Waals surface area (Å²) in [4.78, 5) is 12.3. The fourth-order valence-corrected chi connectivity index (χ4v) is 3.11. The highest BCUT2D eigenvalue weighted by molar-refractivity contribution is 9.10. The first-order valence-electron chi connectivity index (χ1n) is 7.80. The van der Waals surface area contributed by atoms with Gasteiger partial charge in [0.15, 0.2) is 5.69 Å². The second-order valence-electron chi connectivity index (χ2n) is 5.41. The summed E-state index contributed by atoms with van der Waals surface area (Å²) in [5, 5.41) is 5.06. The number of aromatic nitrogens is 2. The second-order valence-corrected chi connectivity index (χ2v) is 6.74. The molecule has 0 aliphatic rings. The molecule has 0 unspecified atom stereocenters. The first kappa shape index (κ1) is 17.7. The molecule has 0 fully saturated rings. The van der Waals surface area contributed by atoms with Crippen LogP contribution in [0, 0.1) is 6.92 Å². The number of hydrogen-bond donors (Lipinski definition) is 0. The lowest BCUT2D eigenvalue weighted by molar-refractivity contribution is 0.0518. The van der Waals surface area contributed by atoms with Crippen LogP contribution in [0.3, 0.4) is 0 Å². The molecule has 3 aromatic rings. The van der Waals surface area contributed by atoms with E-state index in [1.807, 2.05) is 49.4 Å². The molecule has 4 nitrogen and oxygen atoms in total. The highest BCUT2D eigenvalue weighted by atomic mass is 79.9. The molecule has 0 N–H and O–H groups in total.